The Kier molecular flexibility index (Phi) is 9.33. The molecular weight excluding hydrogens is 563 g/mol. The van der Waals surface area contributed by atoms with Crippen molar-refractivity contribution in [1.29, 1.82) is 0 Å². The second kappa shape index (κ2) is 12.8. The van der Waals surface area contributed by atoms with Crippen LogP contribution in [0.25, 0.3) is 0 Å². The van der Waals surface area contributed by atoms with Gasteiger partial charge in [0, 0.05) is 43.9 Å². The van der Waals surface area contributed by atoms with Gasteiger partial charge in [-0.1, -0.05) is 48.2 Å². The number of halogens is 2. The maximum atomic E-state index is 13.3. The van der Waals surface area contributed by atoms with Gasteiger partial charge in [0.05, 0.1) is 30.3 Å². The number of carbonyl (C=O) groups excluding carboxylic acids is 2. The number of piperidine rings is 1. The molecule has 1 atom stereocenters. The zero-order valence-electron chi connectivity index (χ0n) is 23.7. The summed E-state index contributed by atoms with van der Waals surface area (Å²) in [6.07, 6.45) is 6.08. The molecule has 3 N–H and O–H groups in total. The molecule has 1 saturated carbocycles. The number of hydrogen-bond acceptors (Lipinski definition) is 6. The standard InChI is InChI=1S/C31H40Cl2N4O4/c1-40-25-8-4-7-24(20-25)35-30(29(34)39)11-14-36(15-12-30)17-18-41-31(23-9-10-26(32)27(33)19-23)13-16-37(21-31)28(38)22-5-2-3-6-22/h4,7-10,19-20,22,35H,2-3,5-6,11-18,21H2,1H3,(H2,34,39). The Morgan fingerprint density at radius 2 is 1.78 bits per heavy atom. The summed E-state index contributed by atoms with van der Waals surface area (Å²) in [6, 6.07) is 13.2. The van der Waals surface area contributed by atoms with Crippen LogP contribution in [0.15, 0.2) is 42.5 Å². The van der Waals surface area contributed by atoms with E-state index in [9.17, 15) is 9.59 Å². The molecule has 2 aromatic carbocycles. The van der Waals surface area contributed by atoms with E-state index < -0.39 is 11.1 Å². The number of benzene rings is 2. The van der Waals surface area contributed by atoms with E-state index in [4.69, 9.17) is 38.4 Å². The summed E-state index contributed by atoms with van der Waals surface area (Å²) in [5.41, 5.74) is 6.20. The number of nitrogens with zero attached hydrogens (tertiary/aromatic N) is 2. The predicted molar refractivity (Wildman–Crippen MR) is 161 cm³/mol. The van der Waals surface area contributed by atoms with Gasteiger partial charge in [-0.3, -0.25) is 9.59 Å². The maximum Gasteiger partial charge on any atom is 0.243 e. The van der Waals surface area contributed by atoms with Gasteiger partial charge in [-0.15, -0.1) is 0 Å². The van der Waals surface area contributed by atoms with Crippen LogP contribution < -0.4 is 15.8 Å². The van der Waals surface area contributed by atoms with Gasteiger partial charge in [0.1, 0.15) is 16.9 Å². The number of primary amides is 1. The van der Waals surface area contributed by atoms with Crippen molar-refractivity contribution in [3.63, 3.8) is 0 Å². The first kappa shape index (κ1) is 30.0. The number of carbonyl (C=O) groups is 2. The molecule has 8 nitrogen and oxygen atoms in total. The zero-order chi connectivity index (χ0) is 29.0. The first-order valence-corrected chi connectivity index (χ1v) is 15.3. The fraction of sp³-hybridized carbons (Fsp3) is 0.548. The average molecular weight is 604 g/mol. The van der Waals surface area contributed by atoms with E-state index in [1.54, 1.807) is 13.2 Å². The molecular formula is C31H40Cl2N4O4. The molecule has 222 valence electrons. The molecule has 1 aliphatic carbocycles. The first-order chi connectivity index (χ1) is 19.7. The fourth-order valence-electron chi connectivity index (χ4n) is 6.56. The first-order valence-electron chi connectivity index (χ1n) is 14.6. The molecule has 5 rings (SSSR count). The van der Waals surface area contributed by atoms with Crippen LogP contribution in [0.4, 0.5) is 5.69 Å². The van der Waals surface area contributed by atoms with Gasteiger partial charge < -0.3 is 30.3 Å². The third-order valence-corrected chi connectivity index (χ3v) is 9.85. The Hall–Kier alpha value is -2.52. The Labute approximate surface area is 252 Å². The van der Waals surface area contributed by atoms with Crippen molar-refractivity contribution in [3.05, 3.63) is 58.1 Å². The van der Waals surface area contributed by atoms with Gasteiger partial charge in [0.15, 0.2) is 0 Å². The highest BCUT2D eigenvalue weighted by Gasteiger charge is 2.45. The normalized spacial score (nSPS) is 23.0. The SMILES string of the molecule is COc1cccc(NC2(C(N)=O)CCN(CCOC3(c4ccc(Cl)c(Cl)c4)CCN(C(=O)C4CCCC4)C3)CC2)c1. The number of ether oxygens (including phenoxy) is 2. The highest BCUT2D eigenvalue weighted by Crippen LogP contribution is 2.40. The lowest BCUT2D eigenvalue weighted by Crippen LogP contribution is -2.57. The second-order valence-corrected chi connectivity index (χ2v) is 12.4. The molecule has 2 aliphatic heterocycles. The van der Waals surface area contributed by atoms with Crippen LogP contribution in [-0.4, -0.2) is 73.6 Å². The highest BCUT2D eigenvalue weighted by atomic mass is 35.5. The van der Waals surface area contributed by atoms with Crippen LogP contribution in [0.5, 0.6) is 5.75 Å². The minimum Gasteiger partial charge on any atom is -0.497 e. The second-order valence-electron chi connectivity index (χ2n) is 11.6. The van der Waals surface area contributed by atoms with E-state index in [0.717, 1.165) is 42.7 Å². The lowest BCUT2D eigenvalue weighted by Gasteiger charge is -2.41. The number of amides is 2. The summed E-state index contributed by atoms with van der Waals surface area (Å²) in [5, 5.41) is 4.37. The van der Waals surface area contributed by atoms with E-state index in [-0.39, 0.29) is 17.7 Å². The number of nitrogens with one attached hydrogen (secondary N) is 1. The summed E-state index contributed by atoms with van der Waals surface area (Å²) in [4.78, 5) is 30.1. The van der Waals surface area contributed by atoms with E-state index in [0.29, 0.717) is 68.6 Å². The number of rotatable bonds is 10. The monoisotopic (exact) mass is 602 g/mol. The average Bonchev–Trinajstić information content (AvgIpc) is 3.67. The molecule has 41 heavy (non-hydrogen) atoms. The predicted octanol–water partition coefficient (Wildman–Crippen LogP) is 5.07. The van der Waals surface area contributed by atoms with Crippen molar-refractivity contribution >= 4 is 40.7 Å². The third-order valence-electron chi connectivity index (χ3n) is 9.11. The van der Waals surface area contributed by atoms with Gasteiger partial charge in [0.2, 0.25) is 11.8 Å². The number of methoxy groups -OCH3 is 1. The Morgan fingerprint density at radius 3 is 2.46 bits per heavy atom. The number of anilines is 1. The summed E-state index contributed by atoms with van der Waals surface area (Å²) in [6.45, 7) is 3.77. The molecule has 0 aromatic heterocycles. The van der Waals surface area contributed by atoms with Crippen molar-refractivity contribution in [2.45, 2.75) is 56.1 Å². The molecule has 2 heterocycles. The van der Waals surface area contributed by atoms with Crippen LogP contribution in [0.2, 0.25) is 10.0 Å². The van der Waals surface area contributed by atoms with Crippen LogP contribution in [0.1, 0.15) is 50.5 Å². The number of likely N-dealkylation sites (tertiary alicyclic amines) is 2. The van der Waals surface area contributed by atoms with Gasteiger partial charge in [-0.2, -0.15) is 0 Å². The molecule has 2 saturated heterocycles. The van der Waals surface area contributed by atoms with Gasteiger partial charge in [-0.25, -0.2) is 0 Å². The topological polar surface area (TPSA) is 97.1 Å². The van der Waals surface area contributed by atoms with E-state index in [1.165, 1.54) is 0 Å². The lowest BCUT2D eigenvalue weighted by atomic mass is 9.86. The van der Waals surface area contributed by atoms with E-state index in [1.807, 2.05) is 41.3 Å². The summed E-state index contributed by atoms with van der Waals surface area (Å²) >= 11 is 12.6. The van der Waals surface area contributed by atoms with Crippen LogP contribution in [-0.2, 0) is 19.9 Å². The lowest BCUT2D eigenvalue weighted by molar-refractivity contribution is -0.136. The molecule has 2 amide bonds. The molecule has 3 fully saturated rings. The minimum atomic E-state index is -0.822. The molecule has 1 unspecified atom stereocenters. The summed E-state index contributed by atoms with van der Waals surface area (Å²) in [5.74, 6) is 0.739. The molecule has 3 aliphatic rings. The third kappa shape index (κ3) is 6.61. The van der Waals surface area contributed by atoms with Gasteiger partial charge in [-0.05, 0) is 61.9 Å². The maximum absolute atomic E-state index is 13.3. The molecule has 0 radical (unpaired) electrons. The minimum absolute atomic E-state index is 0.129. The smallest absolute Gasteiger partial charge is 0.243 e. The van der Waals surface area contributed by atoms with Crippen molar-refractivity contribution < 1.29 is 19.1 Å². The van der Waals surface area contributed by atoms with Crippen molar-refractivity contribution in [2.24, 2.45) is 11.7 Å². The van der Waals surface area contributed by atoms with Crippen LogP contribution in [0.3, 0.4) is 0 Å². The van der Waals surface area contributed by atoms with Gasteiger partial charge in [0.25, 0.3) is 0 Å². The van der Waals surface area contributed by atoms with Crippen LogP contribution >= 0.6 is 23.2 Å². The van der Waals surface area contributed by atoms with Crippen molar-refractivity contribution in [2.75, 3.05) is 51.8 Å². The molecule has 0 bridgehead atoms. The fourth-order valence-corrected chi connectivity index (χ4v) is 6.85. The van der Waals surface area contributed by atoms with E-state index in [2.05, 4.69) is 10.2 Å². The molecule has 2 aromatic rings. The van der Waals surface area contributed by atoms with Crippen LogP contribution in [0, 0.1) is 5.92 Å². The number of nitrogens with two attached hydrogens (primary N) is 1. The molecule has 0 spiro atoms. The zero-order valence-corrected chi connectivity index (χ0v) is 25.2. The van der Waals surface area contributed by atoms with Crippen molar-refractivity contribution in [3.8, 4) is 5.75 Å². The van der Waals surface area contributed by atoms with Gasteiger partial charge >= 0.3 is 0 Å². The summed E-state index contributed by atoms with van der Waals surface area (Å²) in [7, 11) is 1.62. The number of hydrogen-bond donors (Lipinski definition) is 2. The Balaban J connectivity index is 1.22. The Bertz CT molecular complexity index is 1250. The van der Waals surface area contributed by atoms with E-state index >= 15 is 0 Å². The largest absolute Gasteiger partial charge is 0.497 e. The highest BCUT2D eigenvalue weighted by molar-refractivity contribution is 6.42. The molecule has 10 heteroatoms. The quantitative estimate of drug-likeness (QED) is 0.394. The van der Waals surface area contributed by atoms with Crippen molar-refractivity contribution in [1.82, 2.24) is 9.80 Å². The Morgan fingerprint density at radius 1 is 1.02 bits per heavy atom. The summed E-state index contributed by atoms with van der Waals surface area (Å²) < 4.78 is 12.0.